The number of rotatable bonds is 6. The highest BCUT2D eigenvalue weighted by atomic mass is 32.2. The van der Waals surface area contributed by atoms with E-state index in [1.807, 2.05) is 0 Å². The number of sulfonamides is 1. The SMILES string of the molecule is CNC(=O)C(C)Nc1ccc(S(=O)(=O)NC2CC2)cc1. The molecular formula is C13H19N3O3S. The van der Waals surface area contributed by atoms with Crippen LogP contribution in [-0.2, 0) is 14.8 Å². The van der Waals surface area contributed by atoms with Crippen LogP contribution < -0.4 is 15.4 Å². The average molecular weight is 297 g/mol. The molecule has 0 aliphatic heterocycles. The van der Waals surface area contributed by atoms with Crippen molar-refractivity contribution < 1.29 is 13.2 Å². The van der Waals surface area contributed by atoms with Gasteiger partial charge in [-0.3, -0.25) is 4.79 Å². The van der Waals surface area contributed by atoms with Gasteiger partial charge in [-0.1, -0.05) is 0 Å². The molecule has 1 amide bonds. The quantitative estimate of drug-likeness (QED) is 0.720. The Morgan fingerprint density at radius 3 is 2.35 bits per heavy atom. The van der Waals surface area contributed by atoms with Crippen molar-refractivity contribution in [1.82, 2.24) is 10.0 Å². The first-order valence-corrected chi connectivity index (χ1v) is 8.01. The third-order valence-corrected chi connectivity index (χ3v) is 4.62. The Hall–Kier alpha value is -1.60. The second kappa shape index (κ2) is 5.80. The number of benzene rings is 1. The van der Waals surface area contributed by atoms with Gasteiger partial charge in [0.25, 0.3) is 0 Å². The predicted octanol–water partition coefficient (Wildman–Crippen LogP) is 0.674. The minimum Gasteiger partial charge on any atom is -0.374 e. The molecule has 0 radical (unpaired) electrons. The Kier molecular flexibility index (Phi) is 4.29. The Morgan fingerprint density at radius 2 is 1.85 bits per heavy atom. The van der Waals surface area contributed by atoms with Crippen molar-refractivity contribution >= 4 is 21.6 Å². The summed E-state index contributed by atoms with van der Waals surface area (Å²) in [6.45, 7) is 1.73. The number of nitrogens with one attached hydrogen (secondary N) is 3. The summed E-state index contributed by atoms with van der Waals surface area (Å²) >= 11 is 0. The summed E-state index contributed by atoms with van der Waals surface area (Å²) in [5, 5.41) is 5.54. The topological polar surface area (TPSA) is 87.3 Å². The number of hydrogen-bond donors (Lipinski definition) is 3. The van der Waals surface area contributed by atoms with Crippen LogP contribution in [0.5, 0.6) is 0 Å². The zero-order valence-corrected chi connectivity index (χ0v) is 12.3. The molecule has 3 N–H and O–H groups in total. The molecule has 2 rings (SSSR count). The van der Waals surface area contributed by atoms with E-state index in [2.05, 4.69) is 15.4 Å². The summed E-state index contributed by atoms with van der Waals surface area (Å²) in [6, 6.07) is 6.08. The predicted molar refractivity (Wildman–Crippen MR) is 76.9 cm³/mol. The van der Waals surface area contributed by atoms with Gasteiger partial charge in [-0.05, 0) is 44.0 Å². The lowest BCUT2D eigenvalue weighted by Gasteiger charge is -2.14. The number of amides is 1. The van der Waals surface area contributed by atoms with E-state index in [9.17, 15) is 13.2 Å². The van der Waals surface area contributed by atoms with Crippen LogP contribution in [0, 0.1) is 0 Å². The van der Waals surface area contributed by atoms with E-state index < -0.39 is 10.0 Å². The van der Waals surface area contributed by atoms with E-state index in [4.69, 9.17) is 0 Å². The van der Waals surface area contributed by atoms with E-state index in [-0.39, 0.29) is 22.9 Å². The smallest absolute Gasteiger partial charge is 0.241 e. The summed E-state index contributed by atoms with van der Waals surface area (Å²) < 4.78 is 26.6. The van der Waals surface area contributed by atoms with Crippen molar-refractivity contribution in [2.75, 3.05) is 12.4 Å². The first kappa shape index (κ1) is 14.8. The lowest BCUT2D eigenvalue weighted by Crippen LogP contribution is -2.35. The molecular weight excluding hydrogens is 278 g/mol. The lowest BCUT2D eigenvalue weighted by molar-refractivity contribution is -0.121. The van der Waals surface area contributed by atoms with Crippen molar-refractivity contribution in [1.29, 1.82) is 0 Å². The molecule has 0 aromatic heterocycles. The summed E-state index contributed by atoms with van der Waals surface area (Å²) in [5.41, 5.74) is 0.700. The summed E-state index contributed by atoms with van der Waals surface area (Å²) in [6.07, 6.45) is 1.81. The molecule has 7 heteroatoms. The second-order valence-corrected chi connectivity index (χ2v) is 6.61. The first-order chi connectivity index (χ1) is 9.42. The molecule has 6 nitrogen and oxygen atoms in total. The minimum absolute atomic E-state index is 0.0890. The lowest BCUT2D eigenvalue weighted by atomic mass is 10.2. The van der Waals surface area contributed by atoms with Crippen LogP contribution >= 0.6 is 0 Å². The maximum atomic E-state index is 12.0. The van der Waals surface area contributed by atoms with Crippen molar-refractivity contribution in [3.05, 3.63) is 24.3 Å². The average Bonchev–Trinajstić information content (AvgIpc) is 3.21. The zero-order valence-electron chi connectivity index (χ0n) is 11.5. The largest absolute Gasteiger partial charge is 0.374 e. The fourth-order valence-electron chi connectivity index (χ4n) is 1.75. The van der Waals surface area contributed by atoms with Crippen molar-refractivity contribution in [3.8, 4) is 0 Å². The van der Waals surface area contributed by atoms with Gasteiger partial charge in [-0.15, -0.1) is 0 Å². The Labute approximate surface area is 119 Å². The highest BCUT2D eigenvalue weighted by Gasteiger charge is 2.27. The van der Waals surface area contributed by atoms with E-state index in [0.29, 0.717) is 5.69 Å². The van der Waals surface area contributed by atoms with E-state index in [1.54, 1.807) is 26.1 Å². The molecule has 0 bridgehead atoms. The maximum absolute atomic E-state index is 12.0. The van der Waals surface area contributed by atoms with E-state index in [1.165, 1.54) is 12.1 Å². The van der Waals surface area contributed by atoms with Crippen LogP contribution in [0.15, 0.2) is 29.2 Å². The molecule has 0 saturated heterocycles. The normalized spacial score (nSPS) is 16.5. The van der Waals surface area contributed by atoms with Gasteiger partial charge >= 0.3 is 0 Å². The second-order valence-electron chi connectivity index (χ2n) is 4.90. The molecule has 20 heavy (non-hydrogen) atoms. The molecule has 1 atom stereocenters. The van der Waals surface area contributed by atoms with Crippen LogP contribution in [0.2, 0.25) is 0 Å². The van der Waals surface area contributed by atoms with Crippen LogP contribution in [0.25, 0.3) is 0 Å². The highest BCUT2D eigenvalue weighted by Crippen LogP contribution is 2.22. The van der Waals surface area contributed by atoms with Crippen molar-refractivity contribution in [2.24, 2.45) is 0 Å². The van der Waals surface area contributed by atoms with Crippen molar-refractivity contribution in [3.63, 3.8) is 0 Å². The number of likely N-dealkylation sites (N-methyl/N-ethyl adjacent to an activating group) is 1. The number of anilines is 1. The molecule has 1 aromatic rings. The number of hydrogen-bond acceptors (Lipinski definition) is 4. The maximum Gasteiger partial charge on any atom is 0.241 e. The molecule has 1 aliphatic rings. The van der Waals surface area contributed by atoms with Gasteiger partial charge < -0.3 is 10.6 Å². The third-order valence-electron chi connectivity index (χ3n) is 3.09. The summed E-state index contributed by atoms with van der Waals surface area (Å²) in [5.74, 6) is -0.128. The van der Waals surface area contributed by atoms with Crippen LogP contribution in [0.3, 0.4) is 0 Å². The summed E-state index contributed by atoms with van der Waals surface area (Å²) in [7, 11) is -1.85. The van der Waals surface area contributed by atoms with Crippen molar-refractivity contribution in [2.45, 2.75) is 36.7 Å². The third kappa shape index (κ3) is 3.71. The van der Waals surface area contributed by atoms with Gasteiger partial charge in [-0.2, -0.15) is 0 Å². The molecule has 1 aromatic carbocycles. The molecule has 110 valence electrons. The number of carbonyl (C=O) groups is 1. The van der Waals surface area contributed by atoms with Gasteiger partial charge in [0.05, 0.1) is 4.90 Å². The van der Waals surface area contributed by atoms with Gasteiger partial charge in [0.2, 0.25) is 15.9 Å². The van der Waals surface area contributed by atoms with Gasteiger partial charge in [-0.25, -0.2) is 13.1 Å². The fourth-order valence-corrected chi connectivity index (χ4v) is 3.06. The van der Waals surface area contributed by atoms with Gasteiger partial charge in [0, 0.05) is 18.8 Å². The Morgan fingerprint density at radius 1 is 1.25 bits per heavy atom. The van der Waals surface area contributed by atoms with Crippen LogP contribution in [-0.4, -0.2) is 33.5 Å². The molecule has 0 heterocycles. The van der Waals surface area contributed by atoms with Gasteiger partial charge in [0.15, 0.2) is 0 Å². The molecule has 1 unspecified atom stereocenters. The highest BCUT2D eigenvalue weighted by molar-refractivity contribution is 7.89. The molecule has 1 saturated carbocycles. The van der Waals surface area contributed by atoms with E-state index >= 15 is 0 Å². The zero-order chi connectivity index (χ0) is 14.8. The minimum atomic E-state index is -3.42. The summed E-state index contributed by atoms with van der Waals surface area (Å²) in [4.78, 5) is 11.6. The monoisotopic (exact) mass is 297 g/mol. The Bertz CT molecular complexity index is 579. The van der Waals surface area contributed by atoms with Crippen LogP contribution in [0.1, 0.15) is 19.8 Å². The fraction of sp³-hybridized carbons (Fsp3) is 0.462. The first-order valence-electron chi connectivity index (χ1n) is 6.53. The van der Waals surface area contributed by atoms with E-state index in [0.717, 1.165) is 12.8 Å². The molecule has 0 spiro atoms. The molecule has 1 aliphatic carbocycles. The number of carbonyl (C=O) groups excluding carboxylic acids is 1. The van der Waals surface area contributed by atoms with Crippen LogP contribution in [0.4, 0.5) is 5.69 Å². The Balaban J connectivity index is 2.04. The standard InChI is InChI=1S/C13H19N3O3S/c1-9(13(17)14-2)15-10-5-7-12(8-6-10)20(18,19)16-11-3-4-11/h5-9,11,15-16H,3-4H2,1-2H3,(H,14,17). The molecule has 1 fully saturated rings. The van der Waals surface area contributed by atoms with Gasteiger partial charge in [0.1, 0.15) is 6.04 Å².